The van der Waals surface area contributed by atoms with Gasteiger partial charge >= 0.3 is 0 Å². The minimum atomic E-state index is -0.274. The van der Waals surface area contributed by atoms with Gasteiger partial charge in [0.1, 0.15) is 0 Å². The van der Waals surface area contributed by atoms with E-state index in [1.54, 1.807) is 0 Å². The van der Waals surface area contributed by atoms with Crippen LogP contribution in [0.3, 0.4) is 0 Å². The summed E-state index contributed by atoms with van der Waals surface area (Å²) in [4.78, 5) is 12.7. The molecule has 1 aliphatic carbocycles. The lowest BCUT2D eigenvalue weighted by atomic mass is 10.2. The van der Waals surface area contributed by atoms with Gasteiger partial charge in [-0.3, -0.25) is 15.6 Å². The quantitative estimate of drug-likeness (QED) is 0.549. The molecule has 1 aliphatic heterocycles. The molecule has 1 saturated heterocycles. The number of para-hydroxylation sites is 1. The van der Waals surface area contributed by atoms with Crippen molar-refractivity contribution in [3.63, 3.8) is 0 Å². The van der Waals surface area contributed by atoms with Gasteiger partial charge in [0, 0.05) is 24.4 Å². The van der Waals surface area contributed by atoms with E-state index in [9.17, 15) is 4.79 Å². The predicted octanol–water partition coefficient (Wildman–Crippen LogP) is 1.65. The molecule has 2 aliphatic rings. The molecule has 1 atom stereocenters. The Morgan fingerprint density at radius 1 is 1.22 bits per heavy atom. The molecule has 27 heavy (non-hydrogen) atoms. The maximum Gasteiger partial charge on any atom is 0.290 e. The van der Waals surface area contributed by atoms with Gasteiger partial charge in [-0.2, -0.15) is 5.10 Å². The SMILES string of the molecule is O=C(NNC(=S)NC[C@@H]1CCCO1)c1nn(-c2ccccc2)c2c1CCC2. The van der Waals surface area contributed by atoms with Crippen molar-refractivity contribution in [2.45, 2.75) is 38.2 Å². The Bertz CT molecular complexity index is 830. The van der Waals surface area contributed by atoms with Crippen molar-refractivity contribution in [1.82, 2.24) is 25.9 Å². The third-order valence-corrected chi connectivity index (χ3v) is 5.20. The number of aromatic nitrogens is 2. The van der Waals surface area contributed by atoms with E-state index >= 15 is 0 Å². The van der Waals surface area contributed by atoms with Crippen LogP contribution in [0.15, 0.2) is 30.3 Å². The zero-order valence-corrected chi connectivity index (χ0v) is 15.8. The standard InChI is InChI=1S/C19H23N5O2S/c25-18(21-22-19(27)20-12-14-8-5-11-26-14)17-15-9-4-10-16(15)24(23-17)13-6-2-1-3-7-13/h1-3,6-7,14H,4-5,8-12H2,(H,21,25)(H2,20,22,27)/t14-/m0/s1. The van der Waals surface area contributed by atoms with Crippen LogP contribution < -0.4 is 16.2 Å². The van der Waals surface area contributed by atoms with Gasteiger partial charge in [-0.25, -0.2) is 4.68 Å². The van der Waals surface area contributed by atoms with E-state index in [1.807, 2.05) is 35.0 Å². The van der Waals surface area contributed by atoms with Crippen molar-refractivity contribution in [3.8, 4) is 5.69 Å². The third-order valence-electron chi connectivity index (χ3n) is 4.95. The Balaban J connectivity index is 1.39. The first kappa shape index (κ1) is 17.9. The van der Waals surface area contributed by atoms with Crippen LogP contribution >= 0.6 is 12.2 Å². The second-order valence-corrected chi connectivity index (χ2v) is 7.21. The minimum Gasteiger partial charge on any atom is -0.376 e. The van der Waals surface area contributed by atoms with Crippen molar-refractivity contribution in [3.05, 3.63) is 47.3 Å². The number of carbonyl (C=O) groups is 1. The van der Waals surface area contributed by atoms with Gasteiger partial charge < -0.3 is 10.1 Å². The van der Waals surface area contributed by atoms with Gasteiger partial charge in [-0.15, -0.1) is 0 Å². The number of fused-ring (bicyclic) bond motifs is 1. The van der Waals surface area contributed by atoms with Crippen LogP contribution in [0.25, 0.3) is 5.69 Å². The second kappa shape index (κ2) is 8.06. The lowest BCUT2D eigenvalue weighted by molar-refractivity contribution is 0.0936. The molecule has 0 bridgehead atoms. The van der Waals surface area contributed by atoms with E-state index in [4.69, 9.17) is 17.0 Å². The van der Waals surface area contributed by atoms with E-state index < -0.39 is 0 Å². The number of rotatable bonds is 4. The van der Waals surface area contributed by atoms with Gasteiger partial charge in [0.2, 0.25) is 0 Å². The predicted molar refractivity (Wildman–Crippen MR) is 106 cm³/mol. The van der Waals surface area contributed by atoms with Crippen LogP contribution in [0.1, 0.15) is 41.0 Å². The molecule has 8 heteroatoms. The highest BCUT2D eigenvalue weighted by atomic mass is 32.1. The summed E-state index contributed by atoms with van der Waals surface area (Å²) in [5.74, 6) is -0.274. The number of nitrogens with one attached hydrogen (secondary N) is 3. The van der Waals surface area contributed by atoms with Gasteiger partial charge in [0.25, 0.3) is 5.91 Å². The second-order valence-electron chi connectivity index (χ2n) is 6.80. The summed E-state index contributed by atoms with van der Waals surface area (Å²) < 4.78 is 7.42. The Labute approximate surface area is 163 Å². The molecule has 7 nitrogen and oxygen atoms in total. The van der Waals surface area contributed by atoms with E-state index in [0.717, 1.165) is 55.7 Å². The molecular formula is C19H23N5O2S. The fourth-order valence-corrected chi connectivity index (χ4v) is 3.77. The molecule has 0 saturated carbocycles. The average molecular weight is 385 g/mol. The first-order chi connectivity index (χ1) is 13.2. The Morgan fingerprint density at radius 2 is 2.07 bits per heavy atom. The molecule has 2 heterocycles. The first-order valence-corrected chi connectivity index (χ1v) is 9.75. The first-order valence-electron chi connectivity index (χ1n) is 9.34. The summed E-state index contributed by atoms with van der Waals surface area (Å²) in [6, 6.07) is 9.90. The van der Waals surface area contributed by atoms with Crippen molar-refractivity contribution in [1.29, 1.82) is 0 Å². The minimum absolute atomic E-state index is 0.185. The molecule has 1 aromatic carbocycles. The molecule has 0 radical (unpaired) electrons. The summed E-state index contributed by atoms with van der Waals surface area (Å²) in [6.45, 7) is 1.44. The fourth-order valence-electron chi connectivity index (χ4n) is 3.63. The highest BCUT2D eigenvalue weighted by Crippen LogP contribution is 2.27. The van der Waals surface area contributed by atoms with Crippen molar-refractivity contribution in [2.24, 2.45) is 0 Å². The number of hydrogen-bond donors (Lipinski definition) is 3. The summed E-state index contributed by atoms with van der Waals surface area (Å²) in [5.41, 5.74) is 8.99. The zero-order valence-electron chi connectivity index (χ0n) is 15.0. The highest BCUT2D eigenvalue weighted by molar-refractivity contribution is 7.80. The monoisotopic (exact) mass is 385 g/mol. The fraction of sp³-hybridized carbons (Fsp3) is 0.421. The maximum atomic E-state index is 12.7. The van der Waals surface area contributed by atoms with Crippen molar-refractivity contribution >= 4 is 23.2 Å². The number of ether oxygens (including phenoxy) is 1. The molecule has 1 amide bonds. The number of hydrogen-bond acceptors (Lipinski definition) is 4. The Kier molecular flexibility index (Phi) is 5.35. The molecular weight excluding hydrogens is 362 g/mol. The Morgan fingerprint density at radius 3 is 2.85 bits per heavy atom. The van der Waals surface area contributed by atoms with Gasteiger partial charge in [0.05, 0.1) is 11.8 Å². The Hall–Kier alpha value is -2.45. The van der Waals surface area contributed by atoms with E-state index in [1.165, 1.54) is 0 Å². The topological polar surface area (TPSA) is 80.2 Å². The lowest BCUT2D eigenvalue weighted by Crippen LogP contribution is -2.48. The summed E-state index contributed by atoms with van der Waals surface area (Å²) in [5, 5.41) is 8.01. The van der Waals surface area contributed by atoms with Gasteiger partial charge in [0.15, 0.2) is 10.8 Å². The van der Waals surface area contributed by atoms with Crippen molar-refractivity contribution in [2.75, 3.05) is 13.2 Å². The van der Waals surface area contributed by atoms with Gasteiger partial charge in [-0.05, 0) is 56.5 Å². The van der Waals surface area contributed by atoms with Gasteiger partial charge in [-0.1, -0.05) is 18.2 Å². The van der Waals surface area contributed by atoms with Crippen LogP contribution in [0.2, 0.25) is 0 Å². The lowest BCUT2D eigenvalue weighted by Gasteiger charge is -2.14. The molecule has 1 aromatic heterocycles. The number of amides is 1. The smallest absolute Gasteiger partial charge is 0.290 e. The number of thiocarbonyl (C=S) groups is 1. The maximum absolute atomic E-state index is 12.7. The molecule has 1 fully saturated rings. The molecule has 4 rings (SSSR count). The largest absolute Gasteiger partial charge is 0.376 e. The molecule has 142 valence electrons. The number of hydrazine groups is 1. The van der Waals surface area contributed by atoms with Crippen LogP contribution in [0, 0.1) is 0 Å². The number of nitrogens with zero attached hydrogens (tertiary/aromatic N) is 2. The summed E-state index contributed by atoms with van der Waals surface area (Å²) >= 11 is 5.22. The molecule has 0 unspecified atom stereocenters. The van der Waals surface area contributed by atoms with Crippen LogP contribution in [-0.2, 0) is 17.6 Å². The normalized spacial score (nSPS) is 18.1. The number of benzene rings is 1. The van der Waals surface area contributed by atoms with Crippen LogP contribution in [0.4, 0.5) is 0 Å². The molecule has 3 N–H and O–H groups in total. The summed E-state index contributed by atoms with van der Waals surface area (Å²) in [7, 11) is 0. The third kappa shape index (κ3) is 3.96. The van der Waals surface area contributed by atoms with Crippen LogP contribution in [-0.4, -0.2) is 40.1 Å². The molecule has 0 spiro atoms. The zero-order chi connectivity index (χ0) is 18.6. The van der Waals surface area contributed by atoms with E-state index in [0.29, 0.717) is 17.4 Å². The van der Waals surface area contributed by atoms with Crippen molar-refractivity contribution < 1.29 is 9.53 Å². The molecule has 2 aromatic rings. The summed E-state index contributed by atoms with van der Waals surface area (Å²) in [6.07, 6.45) is 5.13. The highest BCUT2D eigenvalue weighted by Gasteiger charge is 2.27. The van der Waals surface area contributed by atoms with E-state index in [-0.39, 0.29) is 12.0 Å². The number of carbonyl (C=O) groups excluding carboxylic acids is 1. The van der Waals surface area contributed by atoms with E-state index in [2.05, 4.69) is 21.3 Å². The van der Waals surface area contributed by atoms with Crippen LogP contribution in [0.5, 0.6) is 0 Å². The average Bonchev–Trinajstić information content (AvgIpc) is 3.42.